The minimum absolute atomic E-state index is 0.0335. The highest BCUT2D eigenvalue weighted by molar-refractivity contribution is 5.39. The molecule has 0 aliphatic heterocycles. The van der Waals surface area contributed by atoms with E-state index in [1.54, 1.807) is 0 Å². The van der Waals surface area contributed by atoms with Crippen LogP contribution in [0.5, 0.6) is 0 Å². The molecule has 0 radical (unpaired) electrons. The molecule has 2 nitrogen and oxygen atoms in total. The van der Waals surface area contributed by atoms with E-state index in [0.717, 1.165) is 6.61 Å². The summed E-state index contributed by atoms with van der Waals surface area (Å²) >= 11 is 0. The summed E-state index contributed by atoms with van der Waals surface area (Å²) in [6.45, 7) is 9.55. The minimum Gasteiger partial charge on any atom is -0.373 e. The zero-order valence-electron chi connectivity index (χ0n) is 14.4. The predicted octanol–water partition coefficient (Wildman–Crippen LogP) is 4.61. The number of rotatable bonds is 5. The van der Waals surface area contributed by atoms with Crippen molar-refractivity contribution in [2.45, 2.75) is 71.4 Å². The number of aryl methyl sites for hydroxylation is 3. The van der Waals surface area contributed by atoms with Gasteiger partial charge in [0.25, 0.3) is 0 Å². The van der Waals surface area contributed by atoms with E-state index < -0.39 is 0 Å². The van der Waals surface area contributed by atoms with E-state index in [1.165, 1.54) is 54.4 Å². The third kappa shape index (κ3) is 3.32. The van der Waals surface area contributed by atoms with Gasteiger partial charge in [0.1, 0.15) is 0 Å². The van der Waals surface area contributed by atoms with Gasteiger partial charge in [-0.15, -0.1) is 0 Å². The molecule has 118 valence electrons. The first-order valence-corrected chi connectivity index (χ1v) is 8.43. The fourth-order valence-corrected chi connectivity index (χ4v) is 3.95. The molecule has 0 spiro atoms. The molecule has 1 atom stereocenters. The van der Waals surface area contributed by atoms with Gasteiger partial charge >= 0.3 is 0 Å². The average molecular weight is 289 g/mol. The van der Waals surface area contributed by atoms with Crippen LogP contribution in [0.1, 0.15) is 67.3 Å². The van der Waals surface area contributed by atoms with Crippen molar-refractivity contribution in [3.8, 4) is 0 Å². The van der Waals surface area contributed by atoms with Crippen LogP contribution in [-0.2, 0) is 4.74 Å². The highest BCUT2D eigenvalue weighted by Gasteiger charge is 2.41. The molecule has 1 aliphatic rings. The molecule has 0 bridgehead atoms. The fraction of sp³-hybridized carbons (Fsp3) is 0.684. The summed E-state index contributed by atoms with van der Waals surface area (Å²) in [6, 6.07) is 4.97. The van der Waals surface area contributed by atoms with Crippen molar-refractivity contribution < 1.29 is 4.74 Å². The zero-order chi connectivity index (χ0) is 15.5. The Hall–Kier alpha value is -0.860. The van der Waals surface area contributed by atoms with E-state index in [9.17, 15) is 0 Å². The Morgan fingerprint density at radius 2 is 1.67 bits per heavy atom. The van der Waals surface area contributed by atoms with Gasteiger partial charge in [-0.3, -0.25) is 0 Å². The van der Waals surface area contributed by atoms with Gasteiger partial charge in [0.2, 0.25) is 0 Å². The molecule has 0 saturated heterocycles. The molecule has 21 heavy (non-hydrogen) atoms. The van der Waals surface area contributed by atoms with Crippen LogP contribution >= 0.6 is 0 Å². The van der Waals surface area contributed by atoms with Crippen LogP contribution in [0.3, 0.4) is 0 Å². The largest absolute Gasteiger partial charge is 0.373 e. The number of hydrogen-bond acceptors (Lipinski definition) is 2. The third-order valence-corrected chi connectivity index (χ3v) is 5.14. The average Bonchev–Trinajstić information content (AvgIpc) is 2.46. The van der Waals surface area contributed by atoms with Gasteiger partial charge in [0.05, 0.1) is 11.6 Å². The van der Waals surface area contributed by atoms with Crippen molar-refractivity contribution in [3.63, 3.8) is 0 Å². The smallest absolute Gasteiger partial charge is 0.0876 e. The topological polar surface area (TPSA) is 21.3 Å². The van der Waals surface area contributed by atoms with Crippen LogP contribution in [0.15, 0.2) is 12.1 Å². The monoisotopic (exact) mass is 289 g/mol. The quantitative estimate of drug-likeness (QED) is 0.854. The lowest BCUT2D eigenvalue weighted by atomic mass is 9.75. The maximum Gasteiger partial charge on any atom is 0.0876 e. The van der Waals surface area contributed by atoms with E-state index in [4.69, 9.17) is 4.74 Å². The van der Waals surface area contributed by atoms with Gasteiger partial charge in [0, 0.05) is 6.61 Å². The van der Waals surface area contributed by atoms with Crippen molar-refractivity contribution in [1.29, 1.82) is 0 Å². The predicted molar refractivity (Wildman–Crippen MR) is 89.9 cm³/mol. The molecule has 1 N–H and O–H groups in total. The van der Waals surface area contributed by atoms with Crippen LogP contribution in [0.4, 0.5) is 0 Å². The first-order chi connectivity index (χ1) is 10.0. The molecule has 1 aromatic carbocycles. The van der Waals surface area contributed by atoms with E-state index in [2.05, 4.69) is 52.2 Å². The summed E-state index contributed by atoms with van der Waals surface area (Å²) in [5.41, 5.74) is 5.50. The Labute approximate surface area is 130 Å². The van der Waals surface area contributed by atoms with Gasteiger partial charge in [-0.2, -0.15) is 0 Å². The number of likely N-dealkylation sites (N-methyl/N-ethyl adjacent to an activating group) is 1. The molecule has 0 amide bonds. The maximum absolute atomic E-state index is 6.34. The lowest BCUT2D eigenvalue weighted by molar-refractivity contribution is -0.0899. The zero-order valence-corrected chi connectivity index (χ0v) is 14.4. The van der Waals surface area contributed by atoms with Gasteiger partial charge in [-0.25, -0.2) is 0 Å². The Balaban J connectivity index is 2.43. The Bertz CT molecular complexity index is 469. The van der Waals surface area contributed by atoms with Crippen LogP contribution in [0.2, 0.25) is 0 Å². The fourth-order valence-electron chi connectivity index (χ4n) is 3.95. The second-order valence-corrected chi connectivity index (χ2v) is 6.57. The van der Waals surface area contributed by atoms with E-state index >= 15 is 0 Å². The molecule has 0 aromatic heterocycles. The number of nitrogens with one attached hydrogen (secondary N) is 1. The van der Waals surface area contributed by atoms with Crippen LogP contribution < -0.4 is 5.32 Å². The SMILES string of the molecule is CCOC1(C(NC)c2cc(C)c(C)cc2C)CCCCC1. The summed E-state index contributed by atoms with van der Waals surface area (Å²) in [4.78, 5) is 0. The molecule has 2 heteroatoms. The Kier molecular flexibility index (Phi) is 5.45. The van der Waals surface area contributed by atoms with Crippen molar-refractivity contribution >= 4 is 0 Å². The van der Waals surface area contributed by atoms with Crippen LogP contribution in [0, 0.1) is 20.8 Å². The molecular formula is C19H31NO. The maximum atomic E-state index is 6.34. The lowest BCUT2D eigenvalue weighted by Crippen LogP contribution is -2.47. The van der Waals surface area contributed by atoms with Gasteiger partial charge in [0.15, 0.2) is 0 Å². The standard InChI is InChI=1S/C19H31NO/c1-6-21-19(10-8-7-9-11-19)18(20-5)17-13-15(3)14(2)12-16(17)4/h12-13,18,20H,6-11H2,1-5H3. The summed E-state index contributed by atoms with van der Waals surface area (Å²) in [7, 11) is 2.08. The van der Waals surface area contributed by atoms with Crippen molar-refractivity contribution in [1.82, 2.24) is 5.32 Å². The molecule has 1 fully saturated rings. The van der Waals surface area contributed by atoms with Crippen LogP contribution in [0.25, 0.3) is 0 Å². The molecule has 0 heterocycles. The first kappa shape index (κ1) is 16.5. The number of ether oxygens (including phenoxy) is 1. The highest BCUT2D eigenvalue weighted by Crippen LogP contribution is 2.42. The van der Waals surface area contributed by atoms with Crippen molar-refractivity contribution in [2.75, 3.05) is 13.7 Å². The van der Waals surface area contributed by atoms with Gasteiger partial charge < -0.3 is 10.1 Å². The molecule has 1 unspecified atom stereocenters. The Morgan fingerprint density at radius 3 is 2.24 bits per heavy atom. The first-order valence-electron chi connectivity index (χ1n) is 8.43. The van der Waals surface area contributed by atoms with Gasteiger partial charge in [-0.05, 0) is 69.8 Å². The highest BCUT2D eigenvalue weighted by atomic mass is 16.5. The summed E-state index contributed by atoms with van der Waals surface area (Å²) < 4.78 is 6.34. The van der Waals surface area contributed by atoms with Crippen LogP contribution in [-0.4, -0.2) is 19.3 Å². The number of benzene rings is 1. The number of hydrogen-bond donors (Lipinski definition) is 1. The second kappa shape index (κ2) is 6.93. The molecule has 1 saturated carbocycles. The summed E-state index contributed by atoms with van der Waals surface area (Å²) in [6.07, 6.45) is 6.23. The van der Waals surface area contributed by atoms with Crippen molar-refractivity contribution in [2.24, 2.45) is 0 Å². The lowest BCUT2D eigenvalue weighted by Gasteiger charge is -2.44. The minimum atomic E-state index is -0.0335. The third-order valence-electron chi connectivity index (χ3n) is 5.14. The molecule has 2 rings (SSSR count). The molecule has 1 aliphatic carbocycles. The Morgan fingerprint density at radius 1 is 1.05 bits per heavy atom. The molecular weight excluding hydrogens is 258 g/mol. The molecule has 1 aromatic rings. The second-order valence-electron chi connectivity index (χ2n) is 6.57. The van der Waals surface area contributed by atoms with E-state index in [0.29, 0.717) is 0 Å². The normalized spacial score (nSPS) is 19.5. The van der Waals surface area contributed by atoms with E-state index in [1.807, 2.05) is 0 Å². The summed E-state index contributed by atoms with van der Waals surface area (Å²) in [5.74, 6) is 0. The van der Waals surface area contributed by atoms with E-state index in [-0.39, 0.29) is 11.6 Å². The van der Waals surface area contributed by atoms with Crippen molar-refractivity contribution in [3.05, 3.63) is 34.4 Å². The van der Waals surface area contributed by atoms with Gasteiger partial charge in [-0.1, -0.05) is 31.4 Å². The summed E-state index contributed by atoms with van der Waals surface area (Å²) in [5, 5.41) is 3.58.